The van der Waals surface area contributed by atoms with Crippen LogP contribution >= 0.6 is 0 Å². The van der Waals surface area contributed by atoms with Crippen molar-refractivity contribution in [1.29, 1.82) is 0 Å². The highest BCUT2D eigenvalue weighted by molar-refractivity contribution is 6.09. The molecule has 1 aliphatic carbocycles. The van der Waals surface area contributed by atoms with Crippen molar-refractivity contribution in [2.45, 2.75) is 5.41 Å². The minimum Gasteiger partial charge on any atom is -0.355 e. The third-order valence-electron chi connectivity index (χ3n) is 10.6. The van der Waals surface area contributed by atoms with Gasteiger partial charge in [0.25, 0.3) is 0 Å². The normalized spacial score (nSPS) is 14.4. The smallest absolute Gasteiger partial charge is 0.0950 e. The number of anilines is 3. The van der Waals surface area contributed by atoms with Crippen LogP contribution in [-0.4, -0.2) is 18.3 Å². The molecule has 0 unspecified atom stereocenters. The van der Waals surface area contributed by atoms with Crippen molar-refractivity contribution < 1.29 is 0 Å². The van der Waals surface area contributed by atoms with E-state index in [0.717, 1.165) is 6.67 Å². The molecular formula is C45H33N3. The Labute approximate surface area is 280 Å². The molecule has 0 bridgehead atoms. The summed E-state index contributed by atoms with van der Waals surface area (Å²) in [4.78, 5) is 4.77. The first-order valence-corrected chi connectivity index (χ1v) is 16.7. The summed E-state index contributed by atoms with van der Waals surface area (Å²) in [7, 11) is 2.18. The Morgan fingerprint density at radius 2 is 1.06 bits per heavy atom. The van der Waals surface area contributed by atoms with Crippen molar-refractivity contribution in [3.05, 3.63) is 192 Å². The minimum absolute atomic E-state index is 0.513. The Balaban J connectivity index is 1.29. The summed E-state index contributed by atoms with van der Waals surface area (Å²) in [5.74, 6) is 0. The number of benzene rings is 7. The van der Waals surface area contributed by atoms with Crippen LogP contribution < -0.4 is 9.80 Å². The van der Waals surface area contributed by atoms with Crippen LogP contribution in [0.15, 0.2) is 170 Å². The molecule has 0 saturated heterocycles. The van der Waals surface area contributed by atoms with Gasteiger partial charge in [-0.3, -0.25) is 0 Å². The fraction of sp³-hybridized carbons (Fsp3) is 0.0667. The predicted octanol–water partition coefficient (Wildman–Crippen LogP) is 10.7. The van der Waals surface area contributed by atoms with E-state index in [0.29, 0.717) is 0 Å². The third kappa shape index (κ3) is 3.64. The fourth-order valence-electron chi connectivity index (χ4n) is 8.59. The van der Waals surface area contributed by atoms with Crippen LogP contribution in [0.25, 0.3) is 38.6 Å². The van der Waals surface area contributed by atoms with Crippen molar-refractivity contribution in [3.8, 4) is 16.8 Å². The number of hydrogen-bond donors (Lipinski definition) is 0. The summed E-state index contributed by atoms with van der Waals surface area (Å²) in [5, 5.41) is 2.53. The van der Waals surface area contributed by atoms with E-state index in [4.69, 9.17) is 0 Å². The van der Waals surface area contributed by atoms with Gasteiger partial charge in [-0.2, -0.15) is 0 Å². The first kappa shape index (κ1) is 27.1. The Morgan fingerprint density at radius 1 is 0.458 bits per heavy atom. The molecule has 3 heteroatoms. The molecule has 0 amide bonds. The maximum atomic E-state index is 2.47. The molecule has 0 N–H and O–H groups in total. The van der Waals surface area contributed by atoms with Crippen molar-refractivity contribution in [3.63, 3.8) is 0 Å². The van der Waals surface area contributed by atoms with E-state index in [2.05, 4.69) is 191 Å². The van der Waals surface area contributed by atoms with E-state index in [-0.39, 0.29) is 0 Å². The lowest BCUT2D eigenvalue weighted by Crippen LogP contribution is -2.29. The molecule has 0 spiro atoms. The van der Waals surface area contributed by atoms with Crippen LogP contribution in [0.5, 0.6) is 0 Å². The average molecular weight is 616 g/mol. The maximum Gasteiger partial charge on any atom is 0.0950 e. The molecular weight excluding hydrogens is 583 g/mol. The standard InChI is InChI=1S/C45H33N3/c1-46-30-47(43-25-12-11-24-42(43)46)34-17-13-14-31(28-34)45(39-21-8-5-18-35(39)36-19-6-9-22-40(36)45)32-26-27-38-37-20-7-10-23-41(37)48(44(38)29-32)33-15-3-2-4-16-33/h2-29H,30H2,1H3. The van der Waals surface area contributed by atoms with E-state index in [1.165, 1.54) is 77.9 Å². The monoisotopic (exact) mass is 615 g/mol. The van der Waals surface area contributed by atoms with Crippen LogP contribution in [0.3, 0.4) is 0 Å². The molecule has 1 aliphatic heterocycles. The van der Waals surface area contributed by atoms with Gasteiger partial charge in [-0.05, 0) is 81.9 Å². The van der Waals surface area contributed by atoms with Crippen LogP contribution in [-0.2, 0) is 5.41 Å². The second-order valence-electron chi connectivity index (χ2n) is 13.1. The second-order valence-corrected chi connectivity index (χ2v) is 13.1. The zero-order chi connectivity index (χ0) is 31.8. The topological polar surface area (TPSA) is 11.4 Å². The molecule has 3 nitrogen and oxygen atoms in total. The maximum absolute atomic E-state index is 2.47. The zero-order valence-corrected chi connectivity index (χ0v) is 26.7. The molecule has 8 aromatic rings. The molecule has 10 rings (SSSR count). The van der Waals surface area contributed by atoms with Gasteiger partial charge < -0.3 is 14.4 Å². The molecule has 0 fully saturated rings. The van der Waals surface area contributed by atoms with Crippen molar-refractivity contribution in [1.82, 2.24) is 4.57 Å². The average Bonchev–Trinajstić information content (AvgIpc) is 3.78. The summed E-state index contributed by atoms with van der Waals surface area (Å²) in [6.07, 6.45) is 0. The number of rotatable bonds is 4. The first-order valence-electron chi connectivity index (χ1n) is 16.7. The number of aromatic nitrogens is 1. The van der Waals surface area contributed by atoms with E-state index in [9.17, 15) is 0 Å². The highest BCUT2D eigenvalue weighted by atomic mass is 15.4. The summed E-state index contributed by atoms with van der Waals surface area (Å²) in [6.45, 7) is 0.812. The lowest BCUT2D eigenvalue weighted by molar-refractivity contribution is 0.768. The van der Waals surface area contributed by atoms with E-state index < -0.39 is 5.41 Å². The van der Waals surface area contributed by atoms with Gasteiger partial charge in [-0.15, -0.1) is 0 Å². The van der Waals surface area contributed by atoms with Crippen molar-refractivity contribution in [2.75, 3.05) is 23.5 Å². The van der Waals surface area contributed by atoms with Crippen LogP contribution in [0, 0.1) is 0 Å². The molecule has 0 saturated carbocycles. The molecule has 2 heterocycles. The van der Waals surface area contributed by atoms with E-state index in [1.54, 1.807) is 0 Å². The van der Waals surface area contributed by atoms with E-state index in [1.807, 2.05) is 0 Å². The summed E-state index contributed by atoms with van der Waals surface area (Å²) in [6, 6.07) is 62.8. The van der Waals surface area contributed by atoms with Gasteiger partial charge in [0.2, 0.25) is 0 Å². The van der Waals surface area contributed by atoms with Crippen molar-refractivity contribution in [2.24, 2.45) is 0 Å². The SMILES string of the molecule is CN1CN(c2cccc(C3(c4ccc5c6ccccc6n(-c6ccccc6)c5c4)c4ccccc4-c4ccccc43)c2)c2ccccc21. The van der Waals surface area contributed by atoms with Gasteiger partial charge >= 0.3 is 0 Å². The second kappa shape index (κ2) is 10.2. The predicted molar refractivity (Wildman–Crippen MR) is 200 cm³/mol. The third-order valence-corrected chi connectivity index (χ3v) is 10.6. The summed E-state index contributed by atoms with van der Waals surface area (Å²) >= 11 is 0. The van der Waals surface area contributed by atoms with Crippen molar-refractivity contribution >= 4 is 38.9 Å². The quantitative estimate of drug-likeness (QED) is 0.195. The number of hydrogen-bond acceptors (Lipinski definition) is 2. The number of fused-ring (bicyclic) bond motifs is 7. The number of para-hydroxylation sites is 4. The van der Waals surface area contributed by atoms with Gasteiger partial charge in [0.1, 0.15) is 0 Å². The Bertz CT molecular complexity index is 2480. The van der Waals surface area contributed by atoms with E-state index >= 15 is 0 Å². The lowest BCUT2D eigenvalue weighted by Gasteiger charge is -2.35. The number of nitrogens with zero attached hydrogens (tertiary/aromatic N) is 3. The molecule has 0 atom stereocenters. The Kier molecular flexibility index (Phi) is 5.77. The highest BCUT2D eigenvalue weighted by Crippen LogP contribution is 2.57. The van der Waals surface area contributed by atoms with Gasteiger partial charge in [-0.1, -0.05) is 121 Å². The molecule has 1 aromatic heterocycles. The molecule has 48 heavy (non-hydrogen) atoms. The molecule has 2 aliphatic rings. The molecule has 228 valence electrons. The van der Waals surface area contributed by atoms with Gasteiger partial charge in [0.05, 0.1) is 34.5 Å². The van der Waals surface area contributed by atoms with Crippen LogP contribution in [0.4, 0.5) is 17.1 Å². The Morgan fingerprint density at radius 3 is 1.85 bits per heavy atom. The van der Waals surface area contributed by atoms with Crippen LogP contribution in [0.2, 0.25) is 0 Å². The minimum atomic E-state index is -0.513. The largest absolute Gasteiger partial charge is 0.355 e. The lowest BCUT2D eigenvalue weighted by atomic mass is 9.67. The first-order chi connectivity index (χ1) is 23.7. The highest BCUT2D eigenvalue weighted by Gasteiger charge is 2.46. The van der Waals surface area contributed by atoms with Crippen LogP contribution in [0.1, 0.15) is 22.3 Å². The molecule has 7 aromatic carbocycles. The fourth-order valence-corrected chi connectivity index (χ4v) is 8.59. The van der Waals surface area contributed by atoms with Gasteiger partial charge in [-0.25, -0.2) is 0 Å². The Hall–Kier alpha value is -6.06. The summed E-state index contributed by atoms with van der Waals surface area (Å²) < 4.78 is 2.43. The zero-order valence-electron chi connectivity index (χ0n) is 26.7. The summed E-state index contributed by atoms with van der Waals surface area (Å²) in [5.41, 5.74) is 14.6. The van der Waals surface area contributed by atoms with Gasteiger partial charge in [0.15, 0.2) is 0 Å². The van der Waals surface area contributed by atoms with Gasteiger partial charge in [0, 0.05) is 29.2 Å². The molecule has 0 radical (unpaired) electrons.